The molecule has 0 spiro atoms. The van der Waals surface area contributed by atoms with Crippen LogP contribution in [0, 0.1) is 0 Å². The highest BCUT2D eigenvalue weighted by Crippen LogP contribution is 2.28. The summed E-state index contributed by atoms with van der Waals surface area (Å²) in [4.78, 5) is 34.8. The van der Waals surface area contributed by atoms with Gasteiger partial charge >= 0.3 is 5.97 Å². The van der Waals surface area contributed by atoms with Gasteiger partial charge in [-0.25, -0.2) is 14.8 Å². The summed E-state index contributed by atoms with van der Waals surface area (Å²) in [7, 11) is 0. The van der Waals surface area contributed by atoms with Crippen molar-refractivity contribution in [3.05, 3.63) is 77.6 Å². The number of ether oxygens (including phenoxy) is 1. The minimum atomic E-state index is -0.360. The van der Waals surface area contributed by atoms with Gasteiger partial charge in [-0.2, -0.15) is 0 Å². The molecular formula is C22H20N4O3. The van der Waals surface area contributed by atoms with E-state index in [0.29, 0.717) is 30.2 Å². The first-order chi connectivity index (χ1) is 14.2. The zero-order chi connectivity index (χ0) is 20.2. The van der Waals surface area contributed by atoms with Gasteiger partial charge in [0, 0.05) is 30.3 Å². The lowest BCUT2D eigenvalue weighted by molar-refractivity contribution is 0.0526. The molecule has 0 atom stereocenters. The Balaban J connectivity index is 1.43. The van der Waals surface area contributed by atoms with Gasteiger partial charge in [0.2, 0.25) is 5.95 Å². The second-order valence-corrected chi connectivity index (χ2v) is 6.55. The minimum absolute atomic E-state index is 0.111. The molecule has 0 radical (unpaired) electrons. The van der Waals surface area contributed by atoms with E-state index < -0.39 is 0 Å². The van der Waals surface area contributed by atoms with Crippen molar-refractivity contribution in [3.8, 4) is 0 Å². The molecule has 7 heteroatoms. The number of para-hydroxylation sites is 1. The lowest BCUT2D eigenvalue weighted by atomic mass is 10.2. The standard InChI is InChI=1S/C22H20N4O3/c1-2-29-21(28)16-7-9-18(10-8-16)25-22-23-13-17(14-24-22)20(27)26-12-11-15-5-3-4-6-19(15)26/h3-10,13-14H,2,11-12H2,1H3,(H,23,24,25). The minimum Gasteiger partial charge on any atom is -0.462 e. The van der Waals surface area contributed by atoms with Crippen LogP contribution in [-0.4, -0.2) is 35.0 Å². The fourth-order valence-electron chi connectivity index (χ4n) is 3.24. The molecule has 4 rings (SSSR count). The van der Waals surface area contributed by atoms with Gasteiger partial charge in [0.1, 0.15) is 0 Å². The maximum absolute atomic E-state index is 12.8. The third-order valence-corrected chi connectivity index (χ3v) is 4.68. The van der Waals surface area contributed by atoms with Crippen LogP contribution in [0.25, 0.3) is 0 Å². The van der Waals surface area contributed by atoms with E-state index in [1.54, 1.807) is 36.1 Å². The highest BCUT2D eigenvalue weighted by Gasteiger charge is 2.25. The van der Waals surface area contributed by atoms with Crippen LogP contribution in [0.3, 0.4) is 0 Å². The van der Waals surface area contributed by atoms with Crippen LogP contribution in [0.4, 0.5) is 17.3 Å². The predicted octanol–water partition coefficient (Wildman–Crippen LogP) is 3.60. The second kappa shape index (κ2) is 8.10. The van der Waals surface area contributed by atoms with E-state index in [2.05, 4.69) is 15.3 Å². The number of carbonyl (C=O) groups excluding carboxylic acids is 2. The Labute approximate surface area is 168 Å². The van der Waals surface area contributed by atoms with Gasteiger partial charge < -0.3 is 15.0 Å². The van der Waals surface area contributed by atoms with E-state index >= 15 is 0 Å². The first-order valence-electron chi connectivity index (χ1n) is 9.41. The second-order valence-electron chi connectivity index (χ2n) is 6.55. The molecule has 1 aliphatic heterocycles. The summed E-state index contributed by atoms with van der Waals surface area (Å²) >= 11 is 0. The van der Waals surface area contributed by atoms with Crippen molar-refractivity contribution in [1.29, 1.82) is 0 Å². The van der Waals surface area contributed by atoms with Crippen LogP contribution in [0.5, 0.6) is 0 Å². The van der Waals surface area contributed by atoms with Gasteiger partial charge in [-0.15, -0.1) is 0 Å². The topological polar surface area (TPSA) is 84.4 Å². The third-order valence-electron chi connectivity index (χ3n) is 4.68. The monoisotopic (exact) mass is 388 g/mol. The molecule has 2 aromatic carbocycles. The highest BCUT2D eigenvalue weighted by atomic mass is 16.5. The van der Waals surface area contributed by atoms with Crippen molar-refractivity contribution in [1.82, 2.24) is 9.97 Å². The third kappa shape index (κ3) is 3.94. The lowest BCUT2D eigenvalue weighted by Gasteiger charge is -2.17. The number of benzene rings is 2. The highest BCUT2D eigenvalue weighted by molar-refractivity contribution is 6.07. The van der Waals surface area contributed by atoms with Crippen LogP contribution in [0.2, 0.25) is 0 Å². The number of hydrogen-bond acceptors (Lipinski definition) is 6. The van der Waals surface area contributed by atoms with Gasteiger partial charge in [-0.05, 0) is 49.2 Å². The number of rotatable bonds is 5. The molecule has 29 heavy (non-hydrogen) atoms. The van der Waals surface area contributed by atoms with Crippen molar-refractivity contribution >= 4 is 29.2 Å². The quantitative estimate of drug-likeness (QED) is 0.673. The molecule has 0 unspecified atom stereocenters. The average Bonchev–Trinajstić information content (AvgIpc) is 3.19. The molecule has 2 heterocycles. The number of nitrogens with zero attached hydrogens (tertiary/aromatic N) is 3. The van der Waals surface area contributed by atoms with Crippen molar-refractivity contribution < 1.29 is 14.3 Å². The maximum atomic E-state index is 12.8. The van der Waals surface area contributed by atoms with E-state index in [9.17, 15) is 9.59 Å². The van der Waals surface area contributed by atoms with Gasteiger partial charge in [0.05, 0.1) is 17.7 Å². The lowest BCUT2D eigenvalue weighted by Crippen LogP contribution is -2.29. The molecule has 1 amide bonds. The summed E-state index contributed by atoms with van der Waals surface area (Å²) in [6, 6.07) is 14.7. The van der Waals surface area contributed by atoms with E-state index in [0.717, 1.165) is 17.8 Å². The normalized spacial score (nSPS) is 12.4. The summed E-state index contributed by atoms with van der Waals surface area (Å²) in [5, 5.41) is 3.05. The van der Waals surface area contributed by atoms with Crippen LogP contribution in [0.1, 0.15) is 33.2 Å². The molecule has 3 aromatic rings. The Morgan fingerprint density at radius 3 is 2.48 bits per heavy atom. The molecule has 7 nitrogen and oxygen atoms in total. The number of anilines is 3. The number of hydrogen-bond donors (Lipinski definition) is 1. The van der Waals surface area contributed by atoms with Crippen LogP contribution in [-0.2, 0) is 11.2 Å². The molecule has 146 valence electrons. The molecule has 1 N–H and O–H groups in total. The molecular weight excluding hydrogens is 368 g/mol. The van der Waals surface area contributed by atoms with Crippen molar-refractivity contribution in [3.63, 3.8) is 0 Å². The van der Waals surface area contributed by atoms with E-state index in [1.165, 1.54) is 18.0 Å². The fourth-order valence-corrected chi connectivity index (χ4v) is 3.24. The number of aromatic nitrogens is 2. The first-order valence-corrected chi connectivity index (χ1v) is 9.41. The summed E-state index contributed by atoms with van der Waals surface area (Å²) in [6.45, 7) is 2.76. The largest absolute Gasteiger partial charge is 0.462 e. The summed E-state index contributed by atoms with van der Waals surface area (Å²) in [6.07, 6.45) is 3.89. The molecule has 0 aliphatic carbocycles. The Hall–Kier alpha value is -3.74. The molecule has 1 aromatic heterocycles. The fraction of sp³-hybridized carbons (Fsp3) is 0.182. The van der Waals surface area contributed by atoms with Crippen molar-refractivity contribution in [2.75, 3.05) is 23.4 Å². The SMILES string of the molecule is CCOC(=O)c1ccc(Nc2ncc(C(=O)N3CCc4ccccc43)cn2)cc1. The van der Waals surface area contributed by atoms with Gasteiger partial charge in [-0.3, -0.25) is 4.79 Å². The molecule has 1 aliphatic rings. The summed E-state index contributed by atoms with van der Waals surface area (Å²) in [5.74, 6) is -0.103. The number of fused-ring (bicyclic) bond motifs is 1. The molecule has 0 fully saturated rings. The average molecular weight is 388 g/mol. The first kappa shape index (κ1) is 18.6. The smallest absolute Gasteiger partial charge is 0.338 e. The number of carbonyl (C=O) groups is 2. The van der Waals surface area contributed by atoms with Gasteiger partial charge in [-0.1, -0.05) is 18.2 Å². The Morgan fingerprint density at radius 1 is 1.03 bits per heavy atom. The van der Waals surface area contributed by atoms with Gasteiger partial charge in [0.25, 0.3) is 5.91 Å². The number of nitrogens with one attached hydrogen (secondary N) is 1. The number of amides is 1. The van der Waals surface area contributed by atoms with Crippen LogP contribution in [0.15, 0.2) is 60.9 Å². The van der Waals surface area contributed by atoms with Gasteiger partial charge in [0.15, 0.2) is 0 Å². The van der Waals surface area contributed by atoms with E-state index in [-0.39, 0.29) is 11.9 Å². The van der Waals surface area contributed by atoms with Crippen LogP contribution < -0.4 is 10.2 Å². The molecule has 0 bridgehead atoms. The maximum Gasteiger partial charge on any atom is 0.338 e. The zero-order valence-corrected chi connectivity index (χ0v) is 16.0. The summed E-state index contributed by atoms with van der Waals surface area (Å²) in [5.41, 5.74) is 3.76. The van der Waals surface area contributed by atoms with Crippen molar-refractivity contribution in [2.24, 2.45) is 0 Å². The molecule has 0 saturated carbocycles. The van der Waals surface area contributed by atoms with Crippen molar-refractivity contribution in [2.45, 2.75) is 13.3 Å². The summed E-state index contributed by atoms with van der Waals surface area (Å²) < 4.78 is 4.97. The number of esters is 1. The van der Waals surface area contributed by atoms with E-state index in [1.807, 2.05) is 24.3 Å². The molecule has 0 saturated heterocycles. The van der Waals surface area contributed by atoms with Crippen LogP contribution >= 0.6 is 0 Å². The Morgan fingerprint density at radius 2 is 1.76 bits per heavy atom. The van der Waals surface area contributed by atoms with E-state index in [4.69, 9.17) is 4.74 Å². The Kier molecular flexibility index (Phi) is 5.20. The predicted molar refractivity (Wildman–Crippen MR) is 110 cm³/mol. The Bertz CT molecular complexity index is 1030. The zero-order valence-electron chi connectivity index (χ0n) is 16.0.